The summed E-state index contributed by atoms with van der Waals surface area (Å²) in [6, 6.07) is 20.8. The smallest absolute Gasteiger partial charge is 0.271 e. The zero-order chi connectivity index (χ0) is 28.9. The van der Waals surface area contributed by atoms with Gasteiger partial charge in [0.1, 0.15) is 5.69 Å². The van der Waals surface area contributed by atoms with Crippen molar-refractivity contribution in [2.75, 3.05) is 18.0 Å². The molecule has 4 rings (SSSR count). The number of carbonyl (C=O) groups is 2. The van der Waals surface area contributed by atoms with E-state index in [4.69, 9.17) is 4.43 Å². The summed E-state index contributed by atoms with van der Waals surface area (Å²) >= 11 is 2.86. The lowest BCUT2D eigenvalue weighted by Crippen LogP contribution is -2.58. The van der Waals surface area contributed by atoms with Crippen molar-refractivity contribution in [2.24, 2.45) is 11.3 Å². The fourth-order valence-electron chi connectivity index (χ4n) is 4.99. The Morgan fingerprint density at radius 2 is 1.68 bits per heavy atom. The Labute approximate surface area is 248 Å². The Bertz CT molecular complexity index is 1220. The normalized spacial score (nSPS) is 16.3. The highest BCUT2D eigenvalue weighted by Gasteiger charge is 2.40. The van der Waals surface area contributed by atoms with Crippen molar-refractivity contribution < 1.29 is 14.0 Å². The third kappa shape index (κ3) is 7.63. The second-order valence-electron chi connectivity index (χ2n) is 11.7. The summed E-state index contributed by atoms with van der Waals surface area (Å²) in [6.07, 6.45) is 0.705. The Morgan fingerprint density at radius 1 is 1.10 bits per heavy atom. The molecule has 1 aliphatic rings. The van der Waals surface area contributed by atoms with Crippen LogP contribution in [0.15, 0.2) is 66.0 Å². The molecule has 1 unspecified atom stereocenters. The monoisotopic (exact) mass is 595 g/mol. The van der Waals surface area contributed by atoms with Crippen molar-refractivity contribution in [3.63, 3.8) is 0 Å². The van der Waals surface area contributed by atoms with Gasteiger partial charge in [0.2, 0.25) is 9.04 Å². The van der Waals surface area contributed by atoms with E-state index >= 15 is 0 Å². The fraction of sp³-hybridized carbons (Fsp3) is 0.452. The van der Waals surface area contributed by atoms with E-state index in [0.29, 0.717) is 10.9 Å². The van der Waals surface area contributed by atoms with Gasteiger partial charge in [-0.05, 0) is 21.7 Å². The molecule has 2 heterocycles. The van der Waals surface area contributed by atoms with Crippen molar-refractivity contribution >= 4 is 58.7 Å². The van der Waals surface area contributed by atoms with Gasteiger partial charge in [0.25, 0.3) is 5.91 Å². The van der Waals surface area contributed by atoms with E-state index in [0.717, 1.165) is 24.6 Å². The number of hydrogen-bond donors (Lipinski definition) is 1. The van der Waals surface area contributed by atoms with Crippen LogP contribution in [0.3, 0.4) is 0 Å². The number of hydrogen-bond acceptors (Lipinski definition) is 7. The molecule has 0 bridgehead atoms. The van der Waals surface area contributed by atoms with Gasteiger partial charge < -0.3 is 14.6 Å². The summed E-state index contributed by atoms with van der Waals surface area (Å²) in [7, 11) is -2.06. The van der Waals surface area contributed by atoms with Crippen LogP contribution in [-0.2, 0) is 9.22 Å². The molecule has 9 heteroatoms. The summed E-state index contributed by atoms with van der Waals surface area (Å²) in [6.45, 7) is 14.1. The van der Waals surface area contributed by atoms with E-state index < -0.39 is 9.04 Å². The fourth-order valence-corrected chi connectivity index (χ4v) is 9.51. The molecule has 214 valence electrons. The van der Waals surface area contributed by atoms with Crippen molar-refractivity contribution in [3.05, 3.63) is 71.7 Å². The molecule has 40 heavy (non-hydrogen) atoms. The minimum atomic E-state index is -2.06. The van der Waals surface area contributed by atoms with Gasteiger partial charge in [-0.2, -0.15) is 0 Å². The van der Waals surface area contributed by atoms with Gasteiger partial charge in [-0.15, -0.1) is 11.3 Å². The molecule has 0 radical (unpaired) electrons. The second-order valence-corrected chi connectivity index (χ2v) is 16.3. The largest absolute Gasteiger partial charge is 0.405 e. The van der Waals surface area contributed by atoms with Crippen molar-refractivity contribution in [1.82, 2.24) is 10.3 Å². The van der Waals surface area contributed by atoms with Crippen LogP contribution in [0.4, 0.5) is 5.13 Å². The van der Waals surface area contributed by atoms with Crippen LogP contribution in [0, 0.1) is 11.3 Å². The summed E-state index contributed by atoms with van der Waals surface area (Å²) in [5, 5.41) is 8.90. The highest BCUT2D eigenvalue weighted by atomic mass is 32.2. The molecule has 1 aliphatic heterocycles. The summed E-state index contributed by atoms with van der Waals surface area (Å²) in [5.41, 5.74) is 0.216. The summed E-state index contributed by atoms with van der Waals surface area (Å²) < 4.78 is 7.19. The number of carbonyl (C=O) groups excluding carboxylic acids is 2. The van der Waals surface area contributed by atoms with E-state index in [-0.39, 0.29) is 34.5 Å². The minimum Gasteiger partial charge on any atom is -0.405 e. The maximum Gasteiger partial charge on any atom is 0.271 e. The predicted octanol–water partition coefficient (Wildman–Crippen LogP) is 4.73. The minimum absolute atomic E-state index is 0.139. The lowest BCUT2D eigenvalue weighted by molar-refractivity contribution is -0.109. The van der Waals surface area contributed by atoms with Crippen molar-refractivity contribution in [1.29, 1.82) is 0 Å². The summed E-state index contributed by atoms with van der Waals surface area (Å²) in [5.74, 6) is 0.0331. The first kappa shape index (κ1) is 30.5. The molecule has 0 spiro atoms. The van der Waals surface area contributed by atoms with Gasteiger partial charge in [-0.25, -0.2) is 4.98 Å². The summed E-state index contributed by atoms with van der Waals surface area (Å²) in [4.78, 5) is 31.8. The number of amides is 1. The standard InChI is InChI=1S/C31H41N3O3S2Si/c1-7-21(2)27(33-29(36)26-20-38-30(32-26)34-18-23(19-34)39-22(3)35)28(31(4,5)6)37-40(24-14-10-8-11-15-24)25-16-12-9-13-17-25/h8-17,20-21,23,27-28,40H,7,18-19H2,1-6H3,(H,33,36)/t21-,27-,28?/m0/s1. The SMILES string of the molecule is CC[C@H](C)[C@H](NC(=O)c1csc(N2CC(SC(C)=O)C2)n1)C(O[SiH](c1ccccc1)c1ccccc1)C(C)(C)C. The molecule has 1 fully saturated rings. The van der Waals surface area contributed by atoms with Gasteiger partial charge in [0.05, 0.1) is 12.1 Å². The molecule has 1 saturated heterocycles. The Hall–Kier alpha value is -2.46. The highest BCUT2D eigenvalue weighted by Crippen LogP contribution is 2.32. The number of nitrogens with zero attached hydrogens (tertiary/aromatic N) is 2. The maximum atomic E-state index is 13.6. The van der Waals surface area contributed by atoms with Crippen LogP contribution in [0.1, 0.15) is 58.5 Å². The topological polar surface area (TPSA) is 71.5 Å². The average molecular weight is 596 g/mol. The molecule has 0 saturated carbocycles. The van der Waals surface area contributed by atoms with Crippen LogP contribution in [0.5, 0.6) is 0 Å². The molecule has 2 aromatic carbocycles. The molecule has 3 aromatic rings. The van der Waals surface area contributed by atoms with Crippen LogP contribution in [-0.4, -0.2) is 55.5 Å². The van der Waals surface area contributed by atoms with Crippen LogP contribution >= 0.6 is 23.1 Å². The van der Waals surface area contributed by atoms with Crippen LogP contribution in [0.2, 0.25) is 0 Å². The third-order valence-corrected chi connectivity index (χ3v) is 11.8. The molecule has 6 nitrogen and oxygen atoms in total. The predicted molar refractivity (Wildman–Crippen MR) is 171 cm³/mol. The van der Waals surface area contributed by atoms with Gasteiger partial charge in [-0.3, -0.25) is 9.59 Å². The van der Waals surface area contributed by atoms with Crippen LogP contribution < -0.4 is 20.6 Å². The van der Waals surface area contributed by atoms with Gasteiger partial charge in [0.15, 0.2) is 10.2 Å². The lowest BCUT2D eigenvalue weighted by Gasteiger charge is -2.42. The van der Waals surface area contributed by atoms with Crippen molar-refractivity contribution in [2.45, 2.75) is 65.4 Å². The van der Waals surface area contributed by atoms with Gasteiger partial charge >= 0.3 is 0 Å². The number of anilines is 1. The number of rotatable bonds is 11. The first-order chi connectivity index (χ1) is 19.1. The number of thiazole rings is 1. The third-order valence-electron chi connectivity index (χ3n) is 7.40. The van der Waals surface area contributed by atoms with E-state index in [1.54, 1.807) is 6.92 Å². The molecular formula is C31H41N3O3S2Si. The Balaban J connectivity index is 1.56. The van der Waals surface area contributed by atoms with Gasteiger partial charge in [0, 0.05) is 30.6 Å². The lowest BCUT2D eigenvalue weighted by atomic mass is 9.79. The first-order valence-electron chi connectivity index (χ1n) is 14.0. The number of thioether (sulfide) groups is 1. The highest BCUT2D eigenvalue weighted by molar-refractivity contribution is 8.14. The number of aromatic nitrogens is 1. The van der Waals surface area contributed by atoms with E-state index in [1.807, 2.05) is 17.5 Å². The molecule has 1 amide bonds. The second kappa shape index (κ2) is 13.5. The van der Waals surface area contributed by atoms with E-state index in [2.05, 4.69) is 98.4 Å². The molecule has 3 atom stereocenters. The quantitative estimate of drug-likeness (QED) is 0.324. The maximum absolute atomic E-state index is 13.6. The molecule has 0 aliphatic carbocycles. The molecule has 1 aromatic heterocycles. The number of benzene rings is 2. The first-order valence-corrected chi connectivity index (χ1v) is 17.4. The number of nitrogens with one attached hydrogen (secondary N) is 1. The van der Waals surface area contributed by atoms with Gasteiger partial charge in [-0.1, -0.05) is 113 Å². The zero-order valence-electron chi connectivity index (χ0n) is 24.3. The molecular weight excluding hydrogens is 555 g/mol. The Morgan fingerprint density at radius 3 is 2.17 bits per heavy atom. The Kier molecular flexibility index (Phi) is 10.3. The van der Waals surface area contributed by atoms with Crippen molar-refractivity contribution in [3.8, 4) is 0 Å². The average Bonchev–Trinajstić information content (AvgIpc) is 3.39. The zero-order valence-corrected chi connectivity index (χ0v) is 27.1. The van der Waals surface area contributed by atoms with Crippen LogP contribution in [0.25, 0.3) is 0 Å². The van der Waals surface area contributed by atoms with E-state index in [1.165, 1.54) is 33.5 Å². The molecule has 1 N–H and O–H groups in total. The van der Waals surface area contributed by atoms with E-state index in [9.17, 15) is 9.59 Å².